The lowest BCUT2D eigenvalue weighted by molar-refractivity contribution is 0.242. The molecule has 2 aromatic heterocycles. The van der Waals surface area contributed by atoms with E-state index >= 15 is 0 Å². The van der Waals surface area contributed by atoms with Crippen molar-refractivity contribution in [2.75, 3.05) is 13.1 Å². The SMILES string of the molecule is C=CCNC(=O)NCCc1csc(-n2nc(C)cc2C)n1. The third kappa shape index (κ3) is 4.16. The van der Waals surface area contributed by atoms with Gasteiger partial charge in [-0.15, -0.1) is 17.9 Å². The standard InChI is InChI=1S/C14H19N5OS/c1-4-6-15-13(20)16-7-5-12-9-21-14(17-12)19-11(3)8-10(2)18-19/h4,8-9H,1,5-7H2,2-3H3,(H2,15,16,20). The fourth-order valence-electron chi connectivity index (χ4n) is 1.86. The predicted molar refractivity (Wildman–Crippen MR) is 84.0 cm³/mol. The number of aryl methyl sites for hydroxylation is 2. The summed E-state index contributed by atoms with van der Waals surface area (Å²) in [7, 11) is 0. The number of aromatic nitrogens is 3. The van der Waals surface area contributed by atoms with Crippen LogP contribution >= 0.6 is 11.3 Å². The van der Waals surface area contributed by atoms with Crippen molar-refractivity contribution in [1.82, 2.24) is 25.4 Å². The fraction of sp³-hybridized carbons (Fsp3) is 0.357. The van der Waals surface area contributed by atoms with Gasteiger partial charge in [-0.1, -0.05) is 6.08 Å². The second-order valence-electron chi connectivity index (χ2n) is 4.64. The number of amides is 2. The van der Waals surface area contributed by atoms with Gasteiger partial charge in [-0.3, -0.25) is 0 Å². The van der Waals surface area contributed by atoms with E-state index in [-0.39, 0.29) is 6.03 Å². The van der Waals surface area contributed by atoms with Crippen molar-refractivity contribution in [3.05, 3.63) is 41.2 Å². The van der Waals surface area contributed by atoms with E-state index in [1.165, 1.54) is 0 Å². The lowest BCUT2D eigenvalue weighted by Crippen LogP contribution is -2.36. The Labute approximate surface area is 127 Å². The number of rotatable bonds is 6. The summed E-state index contributed by atoms with van der Waals surface area (Å²) < 4.78 is 1.84. The third-order valence-corrected chi connectivity index (χ3v) is 3.67. The average Bonchev–Trinajstić information content (AvgIpc) is 3.03. The summed E-state index contributed by atoms with van der Waals surface area (Å²) in [6.45, 7) is 8.52. The first-order valence-electron chi connectivity index (χ1n) is 6.71. The summed E-state index contributed by atoms with van der Waals surface area (Å²) >= 11 is 1.55. The van der Waals surface area contributed by atoms with Gasteiger partial charge >= 0.3 is 6.03 Å². The van der Waals surface area contributed by atoms with Crippen molar-refractivity contribution >= 4 is 17.4 Å². The summed E-state index contributed by atoms with van der Waals surface area (Å²) in [5.74, 6) is 0. The van der Waals surface area contributed by atoms with E-state index < -0.39 is 0 Å². The lowest BCUT2D eigenvalue weighted by atomic mass is 10.3. The molecule has 0 aliphatic carbocycles. The fourth-order valence-corrected chi connectivity index (χ4v) is 2.73. The first-order chi connectivity index (χ1) is 10.1. The molecule has 2 heterocycles. The number of carbonyl (C=O) groups is 1. The van der Waals surface area contributed by atoms with E-state index in [9.17, 15) is 4.79 Å². The summed E-state index contributed by atoms with van der Waals surface area (Å²) in [4.78, 5) is 15.9. The van der Waals surface area contributed by atoms with Crippen LogP contribution in [0, 0.1) is 13.8 Å². The Hall–Kier alpha value is -2.15. The zero-order valence-corrected chi connectivity index (χ0v) is 13.0. The first-order valence-corrected chi connectivity index (χ1v) is 7.58. The second-order valence-corrected chi connectivity index (χ2v) is 5.47. The van der Waals surface area contributed by atoms with E-state index in [1.807, 2.05) is 30.0 Å². The van der Waals surface area contributed by atoms with Crippen molar-refractivity contribution in [3.8, 4) is 5.13 Å². The zero-order valence-electron chi connectivity index (χ0n) is 12.2. The quantitative estimate of drug-likeness (QED) is 0.802. The molecule has 2 N–H and O–H groups in total. The van der Waals surface area contributed by atoms with Gasteiger partial charge in [0, 0.05) is 30.6 Å². The number of hydrogen-bond donors (Lipinski definition) is 2. The maximum Gasteiger partial charge on any atom is 0.315 e. The van der Waals surface area contributed by atoms with E-state index in [1.54, 1.807) is 17.4 Å². The average molecular weight is 305 g/mol. The van der Waals surface area contributed by atoms with Gasteiger partial charge in [-0.25, -0.2) is 14.5 Å². The van der Waals surface area contributed by atoms with Crippen LogP contribution in [-0.4, -0.2) is 33.9 Å². The van der Waals surface area contributed by atoms with Crippen molar-refractivity contribution in [3.63, 3.8) is 0 Å². The Bertz CT molecular complexity index is 631. The van der Waals surface area contributed by atoms with E-state index in [0.717, 1.165) is 22.2 Å². The van der Waals surface area contributed by atoms with E-state index in [0.29, 0.717) is 19.5 Å². The smallest absolute Gasteiger partial charge is 0.315 e. The van der Waals surface area contributed by atoms with Crippen LogP contribution in [0.25, 0.3) is 5.13 Å². The van der Waals surface area contributed by atoms with Gasteiger partial charge in [0.05, 0.1) is 11.4 Å². The minimum absolute atomic E-state index is 0.191. The Morgan fingerprint density at radius 3 is 2.95 bits per heavy atom. The highest BCUT2D eigenvalue weighted by Crippen LogP contribution is 2.17. The number of carbonyl (C=O) groups excluding carboxylic acids is 1. The van der Waals surface area contributed by atoms with Crippen LogP contribution in [0.15, 0.2) is 24.1 Å². The molecule has 0 spiro atoms. The number of thiazole rings is 1. The van der Waals surface area contributed by atoms with Gasteiger partial charge in [0.15, 0.2) is 0 Å². The van der Waals surface area contributed by atoms with Crippen LogP contribution in [-0.2, 0) is 6.42 Å². The van der Waals surface area contributed by atoms with Gasteiger partial charge in [-0.2, -0.15) is 5.10 Å². The molecule has 0 saturated heterocycles. The van der Waals surface area contributed by atoms with Crippen LogP contribution in [0.2, 0.25) is 0 Å². The predicted octanol–water partition coefficient (Wildman–Crippen LogP) is 1.97. The Kier molecular flexibility index (Phi) is 5.10. The van der Waals surface area contributed by atoms with Crippen molar-refractivity contribution < 1.29 is 4.79 Å². The number of nitrogens with zero attached hydrogens (tertiary/aromatic N) is 3. The molecule has 6 nitrogen and oxygen atoms in total. The highest BCUT2D eigenvalue weighted by molar-refractivity contribution is 7.12. The summed E-state index contributed by atoms with van der Waals surface area (Å²) in [5.41, 5.74) is 2.99. The lowest BCUT2D eigenvalue weighted by Gasteiger charge is -2.04. The number of nitrogens with one attached hydrogen (secondary N) is 2. The zero-order chi connectivity index (χ0) is 15.2. The maximum atomic E-state index is 11.4. The summed E-state index contributed by atoms with van der Waals surface area (Å²) in [5, 5.41) is 12.7. The third-order valence-electron chi connectivity index (χ3n) is 2.80. The number of hydrogen-bond acceptors (Lipinski definition) is 4. The van der Waals surface area contributed by atoms with Crippen LogP contribution in [0.5, 0.6) is 0 Å². The molecule has 0 bridgehead atoms. The molecule has 0 unspecified atom stereocenters. The molecule has 0 saturated carbocycles. The second kappa shape index (κ2) is 7.03. The Balaban J connectivity index is 1.87. The molecule has 0 aromatic carbocycles. The normalized spacial score (nSPS) is 10.4. The van der Waals surface area contributed by atoms with Gasteiger partial charge in [0.25, 0.3) is 0 Å². The van der Waals surface area contributed by atoms with Gasteiger partial charge in [0.1, 0.15) is 0 Å². The van der Waals surface area contributed by atoms with Crippen LogP contribution < -0.4 is 10.6 Å². The van der Waals surface area contributed by atoms with Gasteiger partial charge in [-0.05, 0) is 19.9 Å². The molecule has 21 heavy (non-hydrogen) atoms. The molecular formula is C14H19N5OS. The molecule has 7 heteroatoms. The Morgan fingerprint density at radius 2 is 2.29 bits per heavy atom. The van der Waals surface area contributed by atoms with E-state index in [4.69, 9.17) is 0 Å². The monoisotopic (exact) mass is 305 g/mol. The minimum Gasteiger partial charge on any atom is -0.338 e. The maximum absolute atomic E-state index is 11.4. The van der Waals surface area contributed by atoms with Crippen LogP contribution in [0.1, 0.15) is 17.1 Å². The molecule has 0 aliphatic heterocycles. The molecule has 0 atom stereocenters. The van der Waals surface area contributed by atoms with E-state index in [2.05, 4.69) is 27.3 Å². The minimum atomic E-state index is -0.191. The van der Waals surface area contributed by atoms with Crippen LogP contribution in [0.4, 0.5) is 4.79 Å². The van der Waals surface area contributed by atoms with Crippen molar-refractivity contribution in [2.24, 2.45) is 0 Å². The van der Waals surface area contributed by atoms with Crippen molar-refractivity contribution in [2.45, 2.75) is 20.3 Å². The highest BCUT2D eigenvalue weighted by atomic mass is 32.1. The molecule has 0 aliphatic rings. The molecular weight excluding hydrogens is 286 g/mol. The highest BCUT2D eigenvalue weighted by Gasteiger charge is 2.08. The topological polar surface area (TPSA) is 71.8 Å². The summed E-state index contributed by atoms with van der Waals surface area (Å²) in [6.07, 6.45) is 2.33. The van der Waals surface area contributed by atoms with Gasteiger partial charge in [0.2, 0.25) is 5.13 Å². The van der Waals surface area contributed by atoms with Crippen molar-refractivity contribution in [1.29, 1.82) is 0 Å². The first kappa shape index (κ1) is 15.2. The molecule has 2 aromatic rings. The largest absolute Gasteiger partial charge is 0.338 e. The molecule has 2 amide bonds. The van der Waals surface area contributed by atoms with Gasteiger partial charge < -0.3 is 10.6 Å². The summed E-state index contributed by atoms with van der Waals surface area (Å²) in [6, 6.07) is 1.83. The molecule has 0 fully saturated rings. The molecule has 112 valence electrons. The molecule has 2 rings (SSSR count). The number of urea groups is 1. The molecule has 0 radical (unpaired) electrons. The Morgan fingerprint density at radius 1 is 1.48 bits per heavy atom. The van der Waals surface area contributed by atoms with Crippen LogP contribution in [0.3, 0.4) is 0 Å².